The van der Waals surface area contributed by atoms with Gasteiger partial charge in [0, 0.05) is 6.42 Å². The smallest absolute Gasteiger partial charge is 0.326 e. The quantitative estimate of drug-likeness (QED) is 0.724. The lowest BCUT2D eigenvalue weighted by atomic mass is 10.1. The maximum absolute atomic E-state index is 13.3. The van der Waals surface area contributed by atoms with Crippen LogP contribution < -0.4 is 5.32 Å². The number of rotatable bonds is 6. The Kier molecular flexibility index (Phi) is 5.13. The third kappa shape index (κ3) is 4.01. The van der Waals surface area contributed by atoms with Gasteiger partial charge in [-0.25, -0.2) is 13.6 Å². The third-order valence-corrected chi connectivity index (χ3v) is 2.45. The van der Waals surface area contributed by atoms with Crippen LogP contribution in [0.1, 0.15) is 23.2 Å². The Morgan fingerprint density at radius 3 is 2.40 bits per heavy atom. The number of carbonyl (C=O) groups excluding carboxylic acids is 1. The van der Waals surface area contributed by atoms with Crippen molar-refractivity contribution in [3.8, 4) is 0 Å². The Hall–Kier alpha value is -2.51. The predicted molar refractivity (Wildman–Crippen MR) is 62.1 cm³/mol. The number of aliphatic carboxylic acids is 2. The number of hydrogen-bond donors (Lipinski definition) is 3. The average Bonchev–Trinajstić information content (AvgIpc) is 2.36. The van der Waals surface area contributed by atoms with E-state index in [2.05, 4.69) is 0 Å². The van der Waals surface area contributed by atoms with Crippen molar-refractivity contribution in [2.75, 3.05) is 0 Å². The molecule has 1 aromatic carbocycles. The predicted octanol–water partition coefficient (Wildman–Crippen LogP) is 1.01. The van der Waals surface area contributed by atoms with Gasteiger partial charge in [0.1, 0.15) is 6.04 Å². The summed E-state index contributed by atoms with van der Waals surface area (Å²) >= 11 is 0. The summed E-state index contributed by atoms with van der Waals surface area (Å²) in [5, 5.41) is 19.2. The van der Waals surface area contributed by atoms with Gasteiger partial charge >= 0.3 is 11.9 Å². The van der Waals surface area contributed by atoms with E-state index >= 15 is 0 Å². The van der Waals surface area contributed by atoms with Crippen LogP contribution in [-0.2, 0) is 9.59 Å². The van der Waals surface area contributed by atoms with E-state index in [-0.39, 0.29) is 6.42 Å². The summed E-state index contributed by atoms with van der Waals surface area (Å²) in [6.07, 6.45) is -0.851. The lowest BCUT2D eigenvalue weighted by Crippen LogP contribution is -2.41. The molecule has 0 fully saturated rings. The minimum Gasteiger partial charge on any atom is -0.481 e. The Morgan fingerprint density at radius 2 is 1.85 bits per heavy atom. The molecule has 0 radical (unpaired) electrons. The molecule has 0 saturated carbocycles. The normalized spacial score (nSPS) is 11.7. The molecule has 1 unspecified atom stereocenters. The van der Waals surface area contributed by atoms with Crippen molar-refractivity contribution in [2.24, 2.45) is 0 Å². The second-order valence-corrected chi connectivity index (χ2v) is 3.90. The number of halogens is 2. The Labute approximate surface area is 112 Å². The Bertz CT molecular complexity index is 547. The van der Waals surface area contributed by atoms with Gasteiger partial charge in [-0.05, 0) is 18.6 Å². The molecular weight excluding hydrogens is 276 g/mol. The highest BCUT2D eigenvalue weighted by atomic mass is 19.2. The van der Waals surface area contributed by atoms with Crippen LogP contribution in [0.2, 0.25) is 0 Å². The van der Waals surface area contributed by atoms with Crippen LogP contribution in [0.3, 0.4) is 0 Å². The van der Waals surface area contributed by atoms with Crippen LogP contribution in [0.5, 0.6) is 0 Å². The van der Waals surface area contributed by atoms with Crippen molar-refractivity contribution in [1.82, 2.24) is 5.32 Å². The standard InChI is InChI=1S/C12H11F2NO5/c13-7-3-1-2-6(10(7)14)11(18)15-8(12(19)20)4-5-9(16)17/h1-3,8H,4-5H2,(H,15,18)(H,16,17)(H,19,20). The summed E-state index contributed by atoms with van der Waals surface area (Å²) in [4.78, 5) is 32.9. The molecule has 1 aromatic rings. The lowest BCUT2D eigenvalue weighted by molar-refractivity contribution is -0.140. The molecule has 0 heterocycles. The number of carboxylic acids is 2. The highest BCUT2D eigenvalue weighted by molar-refractivity contribution is 5.96. The summed E-state index contributed by atoms with van der Waals surface area (Å²) in [5.41, 5.74) is -0.647. The number of hydrogen-bond acceptors (Lipinski definition) is 3. The molecule has 0 spiro atoms. The minimum atomic E-state index is -1.50. The van der Waals surface area contributed by atoms with Gasteiger partial charge in [0.15, 0.2) is 11.6 Å². The molecular formula is C12H11F2NO5. The first kappa shape index (κ1) is 15.5. The zero-order valence-electron chi connectivity index (χ0n) is 10.1. The molecule has 8 heteroatoms. The first-order chi connectivity index (χ1) is 9.32. The fourth-order valence-corrected chi connectivity index (χ4v) is 1.44. The van der Waals surface area contributed by atoms with Gasteiger partial charge in [-0.2, -0.15) is 0 Å². The first-order valence-corrected chi connectivity index (χ1v) is 5.52. The maximum atomic E-state index is 13.3. The zero-order valence-corrected chi connectivity index (χ0v) is 10.1. The minimum absolute atomic E-state index is 0.368. The van der Waals surface area contributed by atoms with Crippen LogP contribution in [0.15, 0.2) is 18.2 Å². The van der Waals surface area contributed by atoms with Crippen molar-refractivity contribution in [1.29, 1.82) is 0 Å². The van der Waals surface area contributed by atoms with Gasteiger partial charge in [0.2, 0.25) is 0 Å². The summed E-state index contributed by atoms with van der Waals surface area (Å²) in [6, 6.07) is 1.40. The Morgan fingerprint density at radius 1 is 1.20 bits per heavy atom. The number of benzene rings is 1. The monoisotopic (exact) mass is 287 g/mol. The summed E-state index contributed by atoms with van der Waals surface area (Å²) in [5.74, 6) is -6.46. The lowest BCUT2D eigenvalue weighted by Gasteiger charge is -2.13. The topological polar surface area (TPSA) is 104 Å². The molecule has 6 nitrogen and oxygen atoms in total. The molecule has 1 amide bonds. The molecule has 1 rings (SSSR count). The summed E-state index contributed by atoms with van der Waals surface area (Å²) < 4.78 is 26.3. The van der Waals surface area contributed by atoms with Crippen molar-refractivity contribution in [3.05, 3.63) is 35.4 Å². The molecule has 0 aliphatic carbocycles. The van der Waals surface area contributed by atoms with Gasteiger partial charge in [-0.15, -0.1) is 0 Å². The van der Waals surface area contributed by atoms with E-state index in [1.807, 2.05) is 5.32 Å². The van der Waals surface area contributed by atoms with Gasteiger partial charge in [-0.1, -0.05) is 6.07 Å². The van der Waals surface area contributed by atoms with E-state index in [1.165, 1.54) is 0 Å². The number of carboxylic acid groups (broad SMARTS) is 2. The molecule has 0 aromatic heterocycles. The molecule has 3 N–H and O–H groups in total. The van der Waals surface area contributed by atoms with Crippen LogP contribution in [0.25, 0.3) is 0 Å². The van der Waals surface area contributed by atoms with Crippen LogP contribution >= 0.6 is 0 Å². The van der Waals surface area contributed by atoms with Crippen molar-refractivity contribution in [3.63, 3.8) is 0 Å². The van der Waals surface area contributed by atoms with E-state index in [4.69, 9.17) is 10.2 Å². The highest BCUT2D eigenvalue weighted by Crippen LogP contribution is 2.12. The van der Waals surface area contributed by atoms with Crippen LogP contribution in [-0.4, -0.2) is 34.1 Å². The van der Waals surface area contributed by atoms with E-state index in [1.54, 1.807) is 0 Å². The fraction of sp³-hybridized carbons (Fsp3) is 0.250. The zero-order chi connectivity index (χ0) is 15.3. The second kappa shape index (κ2) is 6.60. The molecule has 1 atom stereocenters. The van der Waals surface area contributed by atoms with E-state index in [0.29, 0.717) is 0 Å². The molecule has 0 aliphatic heterocycles. The third-order valence-electron chi connectivity index (χ3n) is 2.45. The van der Waals surface area contributed by atoms with Crippen molar-refractivity contribution in [2.45, 2.75) is 18.9 Å². The molecule has 0 bridgehead atoms. The van der Waals surface area contributed by atoms with E-state index < -0.39 is 47.5 Å². The molecule has 20 heavy (non-hydrogen) atoms. The number of carbonyl (C=O) groups is 3. The van der Waals surface area contributed by atoms with Gasteiger partial charge < -0.3 is 15.5 Å². The van der Waals surface area contributed by atoms with Crippen LogP contribution in [0, 0.1) is 11.6 Å². The second-order valence-electron chi connectivity index (χ2n) is 3.90. The molecule has 108 valence electrons. The SMILES string of the molecule is O=C(O)CCC(NC(=O)c1cccc(F)c1F)C(=O)O. The molecule has 0 aliphatic rings. The van der Waals surface area contributed by atoms with Crippen molar-refractivity contribution < 1.29 is 33.4 Å². The first-order valence-electron chi connectivity index (χ1n) is 5.52. The average molecular weight is 287 g/mol. The number of nitrogens with one attached hydrogen (secondary N) is 1. The van der Waals surface area contributed by atoms with Gasteiger partial charge in [-0.3, -0.25) is 9.59 Å². The van der Waals surface area contributed by atoms with Gasteiger partial charge in [0.05, 0.1) is 5.56 Å². The molecule has 0 saturated heterocycles. The summed E-state index contributed by atoms with van der Waals surface area (Å²) in [7, 11) is 0. The van der Waals surface area contributed by atoms with E-state index in [0.717, 1.165) is 18.2 Å². The van der Waals surface area contributed by atoms with Crippen molar-refractivity contribution >= 4 is 17.8 Å². The number of amides is 1. The largest absolute Gasteiger partial charge is 0.481 e. The summed E-state index contributed by atoms with van der Waals surface area (Å²) in [6.45, 7) is 0. The highest BCUT2D eigenvalue weighted by Gasteiger charge is 2.23. The fourth-order valence-electron chi connectivity index (χ4n) is 1.44. The van der Waals surface area contributed by atoms with Gasteiger partial charge in [0.25, 0.3) is 5.91 Å². The van der Waals surface area contributed by atoms with Crippen LogP contribution in [0.4, 0.5) is 8.78 Å². The maximum Gasteiger partial charge on any atom is 0.326 e. The Balaban J connectivity index is 2.83. The van der Waals surface area contributed by atoms with E-state index in [9.17, 15) is 23.2 Å².